The van der Waals surface area contributed by atoms with Crippen LogP contribution in [0.25, 0.3) is 22.2 Å². The molecule has 0 spiro atoms. The fraction of sp³-hybridized carbons (Fsp3) is 0.433. The van der Waals surface area contributed by atoms with Gasteiger partial charge in [0.05, 0.1) is 17.7 Å². The molecule has 224 valence electrons. The lowest BCUT2D eigenvalue weighted by atomic mass is 9.97. The van der Waals surface area contributed by atoms with E-state index in [9.17, 15) is 13.2 Å². The number of nitrogens with zero attached hydrogens (tertiary/aromatic N) is 4. The van der Waals surface area contributed by atoms with Gasteiger partial charge in [0.25, 0.3) is 0 Å². The summed E-state index contributed by atoms with van der Waals surface area (Å²) in [6.45, 7) is 9.68. The number of nitrogens with one attached hydrogen (secondary N) is 2. The van der Waals surface area contributed by atoms with Gasteiger partial charge < -0.3 is 14.6 Å². The van der Waals surface area contributed by atoms with Crippen molar-refractivity contribution < 1.29 is 17.9 Å². The molecule has 2 aromatic heterocycles. The van der Waals surface area contributed by atoms with Crippen molar-refractivity contribution in [1.29, 1.82) is 0 Å². The smallest absolute Gasteiger partial charge is 0.355 e. The molecule has 0 amide bonds. The Labute approximate surface area is 251 Å². The fourth-order valence-electron chi connectivity index (χ4n) is 5.40. The van der Waals surface area contributed by atoms with Crippen molar-refractivity contribution in [2.75, 3.05) is 32.8 Å². The zero-order valence-electron chi connectivity index (χ0n) is 24.1. The molecule has 2 N–H and O–H groups in total. The van der Waals surface area contributed by atoms with E-state index in [1.807, 2.05) is 35.1 Å². The van der Waals surface area contributed by atoms with Gasteiger partial charge in [-0.05, 0) is 80.6 Å². The Morgan fingerprint density at radius 3 is 2.60 bits per heavy atom. The molecule has 0 radical (unpaired) electrons. The second-order valence-electron chi connectivity index (χ2n) is 11.0. The van der Waals surface area contributed by atoms with E-state index in [-0.39, 0.29) is 6.61 Å². The van der Waals surface area contributed by atoms with Crippen LogP contribution in [0.2, 0.25) is 5.02 Å². The van der Waals surface area contributed by atoms with Gasteiger partial charge in [0.1, 0.15) is 11.4 Å². The van der Waals surface area contributed by atoms with Crippen LogP contribution in [0.3, 0.4) is 0 Å². The first kappa shape index (κ1) is 30.2. The third-order valence-electron chi connectivity index (χ3n) is 7.76. The van der Waals surface area contributed by atoms with Crippen LogP contribution in [0.5, 0.6) is 0 Å². The van der Waals surface area contributed by atoms with Gasteiger partial charge in [0.15, 0.2) is 0 Å². The lowest BCUT2D eigenvalue weighted by Crippen LogP contribution is -2.40. The first-order valence-corrected chi connectivity index (χ1v) is 16.2. The maximum Gasteiger partial charge on any atom is 0.355 e. The molecule has 0 aliphatic carbocycles. The van der Waals surface area contributed by atoms with E-state index < -0.39 is 16.0 Å². The third-order valence-corrected chi connectivity index (χ3v) is 9.48. The molecule has 0 unspecified atom stereocenters. The minimum atomic E-state index is -3.53. The van der Waals surface area contributed by atoms with Crippen LogP contribution in [0.1, 0.15) is 55.6 Å². The lowest BCUT2D eigenvalue weighted by Gasteiger charge is -2.31. The minimum Gasteiger partial charge on any atom is -0.461 e. The number of ether oxygens (including phenoxy) is 1. The molecule has 1 saturated heterocycles. The summed E-state index contributed by atoms with van der Waals surface area (Å²) >= 11 is 6.26. The molecule has 0 saturated carbocycles. The summed E-state index contributed by atoms with van der Waals surface area (Å²) in [5, 5.41) is 10.1. The van der Waals surface area contributed by atoms with Crippen molar-refractivity contribution >= 4 is 38.5 Å². The Kier molecular flexibility index (Phi) is 9.32. The number of hydrogen-bond donors (Lipinski definition) is 2. The van der Waals surface area contributed by atoms with Gasteiger partial charge in [0.2, 0.25) is 10.0 Å². The highest BCUT2D eigenvalue weighted by atomic mass is 35.5. The van der Waals surface area contributed by atoms with Crippen LogP contribution in [-0.4, -0.2) is 72.1 Å². The number of H-pyrrole nitrogens is 1. The summed E-state index contributed by atoms with van der Waals surface area (Å²) in [5.41, 5.74) is 3.42. The fourth-order valence-corrected chi connectivity index (χ4v) is 6.59. The summed E-state index contributed by atoms with van der Waals surface area (Å²) in [6, 6.07) is 12.5. The predicted molar refractivity (Wildman–Crippen MR) is 163 cm³/mol. The Bertz CT molecular complexity index is 1640. The number of carbonyl (C=O) groups excluding carboxylic acids is 1. The molecule has 42 heavy (non-hydrogen) atoms. The van der Waals surface area contributed by atoms with E-state index >= 15 is 0 Å². The zero-order chi connectivity index (χ0) is 29.9. The van der Waals surface area contributed by atoms with Crippen LogP contribution >= 0.6 is 11.6 Å². The van der Waals surface area contributed by atoms with Crippen molar-refractivity contribution in [1.82, 2.24) is 29.6 Å². The Balaban J connectivity index is 1.16. The lowest BCUT2D eigenvalue weighted by molar-refractivity contribution is 0.0521. The number of hydrogen-bond acceptors (Lipinski definition) is 7. The van der Waals surface area contributed by atoms with E-state index in [4.69, 9.17) is 16.3 Å². The molecule has 0 atom stereocenters. The maximum absolute atomic E-state index is 12.7. The SMILES string of the molecule is CCOC(=O)c1[nH]c2ccc(Cl)cc2c1-c1cn(CC2CCN(CCNS(=O)(=O)c3ccc(C(C)C)cc3)CC2)nn1. The van der Waals surface area contributed by atoms with Gasteiger partial charge in [-0.2, -0.15) is 0 Å². The second-order valence-corrected chi connectivity index (χ2v) is 13.2. The molecule has 2 aromatic carbocycles. The van der Waals surface area contributed by atoms with Crippen molar-refractivity contribution in [3.63, 3.8) is 0 Å². The van der Waals surface area contributed by atoms with Gasteiger partial charge in [0, 0.05) is 41.1 Å². The number of halogens is 1. The molecule has 1 aliphatic rings. The number of fused-ring (bicyclic) bond motifs is 1. The van der Waals surface area contributed by atoms with Crippen LogP contribution < -0.4 is 4.72 Å². The monoisotopic (exact) mass is 612 g/mol. The largest absolute Gasteiger partial charge is 0.461 e. The zero-order valence-corrected chi connectivity index (χ0v) is 25.7. The number of carbonyl (C=O) groups is 1. The van der Waals surface area contributed by atoms with Crippen LogP contribution in [0.15, 0.2) is 53.6 Å². The van der Waals surface area contributed by atoms with Crippen LogP contribution in [-0.2, 0) is 21.3 Å². The van der Waals surface area contributed by atoms with Crippen molar-refractivity contribution in [3.8, 4) is 11.3 Å². The number of aromatic nitrogens is 4. The first-order valence-electron chi connectivity index (χ1n) is 14.4. The highest BCUT2D eigenvalue weighted by Gasteiger charge is 2.25. The third kappa shape index (κ3) is 6.86. The highest BCUT2D eigenvalue weighted by molar-refractivity contribution is 7.89. The summed E-state index contributed by atoms with van der Waals surface area (Å²) in [7, 11) is -3.53. The van der Waals surface area contributed by atoms with E-state index in [2.05, 4.69) is 38.8 Å². The molecule has 10 nitrogen and oxygen atoms in total. The second kappa shape index (κ2) is 12.9. The standard InChI is InChI=1S/C30H37ClN6O4S/c1-4-41-30(38)29-28(25-17-23(31)7-10-26(25)33-29)27-19-37(35-34-27)18-21-11-14-36(15-12-21)16-13-32-42(39,40)24-8-5-22(6-9-24)20(2)3/h5-10,17,19-21,32-33H,4,11-16,18H2,1-3H3. The molecule has 1 aliphatic heterocycles. The van der Waals surface area contributed by atoms with Gasteiger partial charge in [-0.25, -0.2) is 17.9 Å². The Morgan fingerprint density at radius 2 is 1.90 bits per heavy atom. The molecule has 1 fully saturated rings. The summed E-state index contributed by atoms with van der Waals surface area (Å²) in [5.74, 6) is 0.314. The highest BCUT2D eigenvalue weighted by Crippen LogP contribution is 2.33. The molecule has 0 bridgehead atoms. The number of sulfonamides is 1. The molecule has 4 aromatic rings. The number of rotatable bonds is 11. The van der Waals surface area contributed by atoms with Gasteiger partial charge in [-0.3, -0.25) is 4.68 Å². The van der Waals surface area contributed by atoms with E-state index in [0.29, 0.717) is 58.3 Å². The number of aromatic amines is 1. The summed E-state index contributed by atoms with van der Waals surface area (Å²) < 4.78 is 35.2. The van der Waals surface area contributed by atoms with Crippen LogP contribution in [0.4, 0.5) is 0 Å². The number of piperidine rings is 1. The summed E-state index contributed by atoms with van der Waals surface area (Å²) in [6.07, 6.45) is 3.80. The first-order chi connectivity index (χ1) is 20.1. The number of esters is 1. The number of benzene rings is 2. The molecular weight excluding hydrogens is 576 g/mol. The van der Waals surface area contributed by atoms with Gasteiger partial charge in [-0.15, -0.1) is 5.10 Å². The van der Waals surface area contributed by atoms with Crippen molar-refractivity contribution in [2.24, 2.45) is 5.92 Å². The van der Waals surface area contributed by atoms with E-state index in [1.54, 1.807) is 25.1 Å². The predicted octanol–water partition coefficient (Wildman–Crippen LogP) is 5.07. The Morgan fingerprint density at radius 1 is 1.17 bits per heavy atom. The van der Waals surface area contributed by atoms with Crippen LogP contribution in [0, 0.1) is 5.92 Å². The molecular formula is C30H37ClN6O4S. The molecule has 3 heterocycles. The van der Waals surface area contributed by atoms with Gasteiger partial charge in [-0.1, -0.05) is 42.8 Å². The quantitative estimate of drug-likeness (QED) is 0.227. The average Bonchev–Trinajstić information content (AvgIpc) is 3.58. The van der Waals surface area contributed by atoms with Crippen molar-refractivity contribution in [3.05, 3.63) is 64.9 Å². The van der Waals surface area contributed by atoms with E-state index in [0.717, 1.165) is 42.4 Å². The van der Waals surface area contributed by atoms with Gasteiger partial charge >= 0.3 is 5.97 Å². The Hall–Kier alpha value is -3.25. The maximum atomic E-state index is 12.7. The molecule has 5 rings (SSSR count). The average molecular weight is 613 g/mol. The van der Waals surface area contributed by atoms with Crippen molar-refractivity contribution in [2.45, 2.75) is 51.0 Å². The molecule has 12 heteroatoms. The minimum absolute atomic E-state index is 0.262. The summed E-state index contributed by atoms with van der Waals surface area (Å²) in [4.78, 5) is 18.4. The number of likely N-dealkylation sites (tertiary alicyclic amines) is 1. The normalized spacial score (nSPS) is 15.1. The van der Waals surface area contributed by atoms with E-state index in [1.165, 1.54) is 0 Å². The topological polar surface area (TPSA) is 122 Å².